The van der Waals surface area contributed by atoms with Gasteiger partial charge in [0.15, 0.2) is 6.61 Å². The zero-order valence-corrected chi connectivity index (χ0v) is 21.6. The molecule has 0 atom stereocenters. The molecule has 3 aromatic carbocycles. The van der Waals surface area contributed by atoms with E-state index < -0.39 is 0 Å². The standard InChI is InChI=1S/C25H23Br2N3O3/c1-15-5-8-19(9-6-15)25(32)30-28-13-18-11-20(26)24(21(27)12-18)33-14-23(31)29-22-10-16(2)4-7-17(22)3/h4-13H,14H2,1-3H3,(H,29,31)(H,30,32)/b28-13+. The van der Waals surface area contributed by atoms with E-state index in [0.29, 0.717) is 20.3 Å². The van der Waals surface area contributed by atoms with Crippen molar-refractivity contribution in [3.63, 3.8) is 0 Å². The van der Waals surface area contributed by atoms with Crippen LogP contribution in [0.15, 0.2) is 68.6 Å². The van der Waals surface area contributed by atoms with Crippen molar-refractivity contribution < 1.29 is 14.3 Å². The van der Waals surface area contributed by atoms with E-state index in [1.165, 1.54) is 6.21 Å². The fraction of sp³-hybridized carbons (Fsp3) is 0.160. The molecule has 0 aromatic heterocycles. The molecule has 0 saturated heterocycles. The average Bonchev–Trinajstić information content (AvgIpc) is 2.76. The van der Waals surface area contributed by atoms with E-state index in [4.69, 9.17) is 4.74 Å². The molecule has 0 radical (unpaired) electrons. The van der Waals surface area contributed by atoms with Gasteiger partial charge in [0, 0.05) is 11.3 Å². The van der Waals surface area contributed by atoms with Gasteiger partial charge in [-0.05, 0) is 99.7 Å². The first-order valence-electron chi connectivity index (χ1n) is 10.1. The second-order valence-corrected chi connectivity index (χ2v) is 9.24. The van der Waals surface area contributed by atoms with E-state index in [1.54, 1.807) is 24.3 Å². The number of anilines is 1. The maximum absolute atomic E-state index is 12.4. The van der Waals surface area contributed by atoms with Crippen LogP contribution in [-0.2, 0) is 4.79 Å². The van der Waals surface area contributed by atoms with E-state index in [9.17, 15) is 9.59 Å². The van der Waals surface area contributed by atoms with Crippen LogP contribution in [0.4, 0.5) is 5.69 Å². The Morgan fingerprint density at radius 1 is 0.939 bits per heavy atom. The number of nitrogens with zero attached hydrogens (tertiary/aromatic N) is 1. The summed E-state index contributed by atoms with van der Waals surface area (Å²) in [6.45, 7) is 5.72. The van der Waals surface area contributed by atoms with Gasteiger partial charge in [0.1, 0.15) is 5.75 Å². The van der Waals surface area contributed by atoms with Crippen LogP contribution in [0.5, 0.6) is 5.75 Å². The Labute approximate surface area is 209 Å². The number of hydrazone groups is 1. The third kappa shape index (κ3) is 7.00. The molecule has 3 aromatic rings. The summed E-state index contributed by atoms with van der Waals surface area (Å²) in [6, 6.07) is 16.7. The number of carbonyl (C=O) groups excluding carboxylic acids is 2. The van der Waals surface area contributed by atoms with E-state index in [2.05, 4.69) is 47.7 Å². The molecular formula is C25H23Br2N3O3. The number of hydrogen-bond donors (Lipinski definition) is 2. The number of halogens is 2. The fourth-order valence-corrected chi connectivity index (χ4v) is 4.37. The lowest BCUT2D eigenvalue weighted by Gasteiger charge is -2.13. The van der Waals surface area contributed by atoms with Crippen LogP contribution in [-0.4, -0.2) is 24.6 Å². The van der Waals surface area contributed by atoms with Gasteiger partial charge in [-0.3, -0.25) is 9.59 Å². The molecule has 6 nitrogen and oxygen atoms in total. The highest BCUT2D eigenvalue weighted by Gasteiger charge is 2.12. The van der Waals surface area contributed by atoms with Crippen molar-refractivity contribution in [1.29, 1.82) is 0 Å². The Bertz CT molecular complexity index is 1190. The third-order valence-corrected chi connectivity index (χ3v) is 5.91. The minimum atomic E-state index is -0.292. The van der Waals surface area contributed by atoms with Crippen molar-refractivity contribution in [2.24, 2.45) is 5.10 Å². The van der Waals surface area contributed by atoms with Crippen LogP contribution in [0.1, 0.15) is 32.6 Å². The molecule has 0 unspecified atom stereocenters. The van der Waals surface area contributed by atoms with Gasteiger partial charge in [-0.25, -0.2) is 5.43 Å². The van der Waals surface area contributed by atoms with Crippen molar-refractivity contribution in [1.82, 2.24) is 5.43 Å². The summed E-state index contributed by atoms with van der Waals surface area (Å²) in [7, 11) is 0. The van der Waals surface area contributed by atoms with Crippen LogP contribution in [0, 0.1) is 20.8 Å². The lowest BCUT2D eigenvalue weighted by molar-refractivity contribution is -0.118. The predicted octanol–water partition coefficient (Wildman–Crippen LogP) is 5.92. The highest BCUT2D eigenvalue weighted by atomic mass is 79.9. The second-order valence-electron chi connectivity index (χ2n) is 7.53. The van der Waals surface area contributed by atoms with Crippen LogP contribution < -0.4 is 15.5 Å². The number of carbonyl (C=O) groups is 2. The third-order valence-electron chi connectivity index (χ3n) is 4.73. The average molecular weight is 573 g/mol. The van der Waals surface area contributed by atoms with Crippen molar-refractivity contribution in [3.05, 3.63) is 91.4 Å². The highest BCUT2D eigenvalue weighted by Crippen LogP contribution is 2.34. The molecule has 0 bridgehead atoms. The van der Waals surface area contributed by atoms with Gasteiger partial charge in [-0.15, -0.1) is 0 Å². The molecule has 0 heterocycles. The molecule has 2 amide bonds. The molecule has 3 rings (SSSR count). The van der Waals surface area contributed by atoms with Crippen molar-refractivity contribution in [3.8, 4) is 5.75 Å². The lowest BCUT2D eigenvalue weighted by atomic mass is 10.1. The van der Waals surface area contributed by atoms with Gasteiger partial charge in [-0.1, -0.05) is 29.8 Å². The molecule has 8 heteroatoms. The van der Waals surface area contributed by atoms with E-state index in [1.807, 2.05) is 51.1 Å². The summed E-state index contributed by atoms with van der Waals surface area (Å²) in [4.78, 5) is 24.5. The van der Waals surface area contributed by atoms with Gasteiger partial charge < -0.3 is 10.1 Å². The van der Waals surface area contributed by atoms with Crippen molar-refractivity contribution in [2.45, 2.75) is 20.8 Å². The van der Waals surface area contributed by atoms with Crippen LogP contribution >= 0.6 is 31.9 Å². The number of benzene rings is 3. The quantitative estimate of drug-likeness (QED) is 0.272. The number of nitrogens with one attached hydrogen (secondary N) is 2. The zero-order valence-electron chi connectivity index (χ0n) is 18.4. The Morgan fingerprint density at radius 2 is 1.58 bits per heavy atom. The van der Waals surface area contributed by atoms with Crippen LogP contribution in [0.2, 0.25) is 0 Å². The molecule has 33 heavy (non-hydrogen) atoms. The van der Waals surface area contributed by atoms with Gasteiger partial charge in [0.05, 0.1) is 15.2 Å². The summed E-state index contributed by atoms with van der Waals surface area (Å²) in [5.74, 6) is -0.0573. The maximum Gasteiger partial charge on any atom is 0.271 e. The van der Waals surface area contributed by atoms with E-state index >= 15 is 0 Å². The first-order valence-corrected chi connectivity index (χ1v) is 11.7. The topological polar surface area (TPSA) is 79.8 Å². The van der Waals surface area contributed by atoms with Gasteiger partial charge in [-0.2, -0.15) is 5.10 Å². The van der Waals surface area contributed by atoms with Gasteiger partial charge in [0.2, 0.25) is 0 Å². The first kappa shape index (κ1) is 24.7. The molecule has 0 aliphatic heterocycles. The first-order chi connectivity index (χ1) is 15.7. The Balaban J connectivity index is 1.59. The molecule has 2 N–H and O–H groups in total. The minimum absolute atomic E-state index is 0.148. The number of hydrogen-bond acceptors (Lipinski definition) is 4. The molecule has 0 saturated carbocycles. The minimum Gasteiger partial charge on any atom is -0.481 e. The smallest absolute Gasteiger partial charge is 0.271 e. The van der Waals surface area contributed by atoms with Crippen molar-refractivity contribution in [2.75, 3.05) is 11.9 Å². The summed E-state index contributed by atoms with van der Waals surface area (Å²) >= 11 is 6.93. The Morgan fingerprint density at radius 3 is 2.24 bits per heavy atom. The molecule has 0 aliphatic carbocycles. The van der Waals surface area contributed by atoms with Crippen LogP contribution in [0.3, 0.4) is 0 Å². The monoisotopic (exact) mass is 571 g/mol. The number of ether oxygens (including phenoxy) is 1. The fourth-order valence-electron chi connectivity index (χ4n) is 2.92. The highest BCUT2D eigenvalue weighted by molar-refractivity contribution is 9.11. The second kappa shape index (κ2) is 11.2. The summed E-state index contributed by atoms with van der Waals surface area (Å²) in [6.07, 6.45) is 1.53. The molecule has 0 spiro atoms. The summed E-state index contributed by atoms with van der Waals surface area (Å²) in [5, 5.41) is 6.89. The number of amides is 2. The number of rotatable bonds is 7. The molecule has 0 aliphatic rings. The summed E-state index contributed by atoms with van der Waals surface area (Å²) in [5.41, 5.74) is 7.65. The zero-order chi connectivity index (χ0) is 24.0. The molecule has 0 fully saturated rings. The van der Waals surface area contributed by atoms with E-state index in [-0.39, 0.29) is 18.4 Å². The number of aryl methyl sites for hydroxylation is 3. The predicted molar refractivity (Wildman–Crippen MR) is 138 cm³/mol. The van der Waals surface area contributed by atoms with Gasteiger partial charge >= 0.3 is 0 Å². The van der Waals surface area contributed by atoms with Crippen molar-refractivity contribution >= 4 is 55.6 Å². The van der Waals surface area contributed by atoms with Gasteiger partial charge in [0.25, 0.3) is 11.8 Å². The molecule has 170 valence electrons. The summed E-state index contributed by atoms with van der Waals surface area (Å²) < 4.78 is 7.00. The SMILES string of the molecule is Cc1ccc(C(=O)N/N=C/c2cc(Br)c(OCC(=O)Nc3cc(C)ccc3C)c(Br)c2)cc1. The lowest BCUT2D eigenvalue weighted by Crippen LogP contribution is -2.21. The van der Waals surface area contributed by atoms with E-state index in [0.717, 1.165) is 27.9 Å². The normalized spacial score (nSPS) is 10.8. The Hall–Kier alpha value is -2.97. The molecular weight excluding hydrogens is 550 g/mol. The largest absolute Gasteiger partial charge is 0.481 e. The Kier molecular flexibility index (Phi) is 8.41. The van der Waals surface area contributed by atoms with Crippen LogP contribution in [0.25, 0.3) is 0 Å². The maximum atomic E-state index is 12.4.